The SMILES string of the molecule is CN(Cc1cc([N+](=O)[O-])ccc1Cl)C(=O)COCc1ccccc1. The Balaban J connectivity index is 1.89. The van der Waals surface area contributed by atoms with Gasteiger partial charge in [0.25, 0.3) is 5.69 Å². The summed E-state index contributed by atoms with van der Waals surface area (Å²) in [6.45, 7) is 0.448. The van der Waals surface area contributed by atoms with E-state index in [0.717, 1.165) is 5.56 Å². The minimum absolute atomic E-state index is 0.0597. The van der Waals surface area contributed by atoms with Gasteiger partial charge in [-0.3, -0.25) is 14.9 Å². The Morgan fingerprint density at radius 1 is 1.25 bits per heavy atom. The van der Waals surface area contributed by atoms with Crippen LogP contribution < -0.4 is 0 Å². The summed E-state index contributed by atoms with van der Waals surface area (Å²) in [5.41, 5.74) is 1.44. The summed E-state index contributed by atoms with van der Waals surface area (Å²) in [6.07, 6.45) is 0. The van der Waals surface area contributed by atoms with E-state index in [1.54, 1.807) is 7.05 Å². The van der Waals surface area contributed by atoms with Crippen LogP contribution in [0.25, 0.3) is 0 Å². The summed E-state index contributed by atoms with van der Waals surface area (Å²) in [5.74, 6) is -0.228. The third-order valence-corrected chi connectivity index (χ3v) is 3.78. The first-order valence-corrected chi connectivity index (χ1v) is 7.63. The Morgan fingerprint density at radius 3 is 2.62 bits per heavy atom. The van der Waals surface area contributed by atoms with E-state index in [0.29, 0.717) is 17.2 Å². The van der Waals surface area contributed by atoms with Gasteiger partial charge in [-0.1, -0.05) is 41.9 Å². The molecule has 126 valence electrons. The molecule has 6 nitrogen and oxygen atoms in total. The van der Waals surface area contributed by atoms with Crippen LogP contribution in [0.2, 0.25) is 5.02 Å². The van der Waals surface area contributed by atoms with Crippen LogP contribution in [0.3, 0.4) is 0 Å². The smallest absolute Gasteiger partial charge is 0.269 e. The molecule has 2 rings (SSSR count). The maximum Gasteiger partial charge on any atom is 0.269 e. The summed E-state index contributed by atoms with van der Waals surface area (Å²) in [6, 6.07) is 13.7. The molecule has 0 saturated heterocycles. The van der Waals surface area contributed by atoms with E-state index in [1.165, 1.54) is 23.1 Å². The highest BCUT2D eigenvalue weighted by molar-refractivity contribution is 6.31. The standard InChI is InChI=1S/C17H17ClN2O4/c1-19(10-14-9-15(20(22)23)7-8-16(14)18)17(21)12-24-11-13-5-3-2-4-6-13/h2-9H,10-12H2,1H3. The van der Waals surface area contributed by atoms with E-state index in [2.05, 4.69) is 0 Å². The molecule has 0 bridgehead atoms. The Labute approximate surface area is 144 Å². The first kappa shape index (κ1) is 17.9. The predicted molar refractivity (Wildman–Crippen MR) is 90.7 cm³/mol. The minimum atomic E-state index is -0.495. The lowest BCUT2D eigenvalue weighted by molar-refractivity contribution is -0.384. The van der Waals surface area contributed by atoms with Crippen molar-refractivity contribution in [3.63, 3.8) is 0 Å². The Hall–Kier alpha value is -2.44. The van der Waals surface area contributed by atoms with Crippen molar-refractivity contribution in [3.8, 4) is 0 Å². The van der Waals surface area contributed by atoms with Crippen molar-refractivity contribution < 1.29 is 14.5 Å². The van der Waals surface area contributed by atoms with E-state index in [1.807, 2.05) is 30.3 Å². The Morgan fingerprint density at radius 2 is 1.96 bits per heavy atom. The average molecular weight is 349 g/mol. The maximum absolute atomic E-state index is 12.1. The lowest BCUT2D eigenvalue weighted by atomic mass is 10.2. The second-order valence-corrected chi connectivity index (χ2v) is 5.67. The number of amides is 1. The molecule has 0 spiro atoms. The van der Waals surface area contributed by atoms with Crippen molar-refractivity contribution in [1.29, 1.82) is 0 Å². The molecule has 24 heavy (non-hydrogen) atoms. The zero-order chi connectivity index (χ0) is 17.5. The largest absolute Gasteiger partial charge is 0.367 e. The molecule has 0 atom stereocenters. The number of rotatable bonds is 7. The van der Waals surface area contributed by atoms with Crippen LogP contribution in [0.1, 0.15) is 11.1 Å². The van der Waals surface area contributed by atoms with Gasteiger partial charge in [-0.25, -0.2) is 0 Å². The van der Waals surface area contributed by atoms with Gasteiger partial charge in [0.2, 0.25) is 5.91 Å². The fourth-order valence-corrected chi connectivity index (χ4v) is 2.26. The van der Waals surface area contributed by atoms with Gasteiger partial charge >= 0.3 is 0 Å². The number of likely N-dealkylation sites (N-methyl/N-ethyl adjacent to an activating group) is 1. The molecule has 2 aromatic carbocycles. The Bertz CT molecular complexity index is 722. The molecule has 0 aliphatic carbocycles. The lowest BCUT2D eigenvalue weighted by Gasteiger charge is -2.18. The normalized spacial score (nSPS) is 10.4. The van der Waals surface area contributed by atoms with Gasteiger partial charge in [-0.05, 0) is 17.2 Å². The van der Waals surface area contributed by atoms with Crippen LogP contribution in [0.4, 0.5) is 5.69 Å². The zero-order valence-corrected chi connectivity index (χ0v) is 13.9. The number of benzene rings is 2. The van der Waals surface area contributed by atoms with Crippen molar-refractivity contribution in [2.45, 2.75) is 13.2 Å². The first-order valence-electron chi connectivity index (χ1n) is 7.26. The molecule has 2 aromatic rings. The number of non-ortho nitro benzene ring substituents is 1. The van der Waals surface area contributed by atoms with Gasteiger partial charge in [0.05, 0.1) is 11.5 Å². The molecule has 7 heteroatoms. The fourth-order valence-electron chi connectivity index (χ4n) is 2.08. The van der Waals surface area contributed by atoms with Gasteiger partial charge in [0, 0.05) is 30.7 Å². The summed E-state index contributed by atoms with van der Waals surface area (Å²) in [5, 5.41) is 11.2. The van der Waals surface area contributed by atoms with E-state index in [9.17, 15) is 14.9 Å². The van der Waals surface area contributed by atoms with Gasteiger partial charge in [0.1, 0.15) is 6.61 Å². The second-order valence-electron chi connectivity index (χ2n) is 5.26. The van der Waals surface area contributed by atoms with E-state index in [-0.39, 0.29) is 24.7 Å². The number of ether oxygens (including phenoxy) is 1. The average Bonchev–Trinajstić information content (AvgIpc) is 2.57. The molecule has 0 aromatic heterocycles. The quantitative estimate of drug-likeness (QED) is 0.567. The monoisotopic (exact) mass is 348 g/mol. The van der Waals surface area contributed by atoms with Gasteiger partial charge in [-0.2, -0.15) is 0 Å². The van der Waals surface area contributed by atoms with Crippen LogP contribution in [-0.2, 0) is 22.7 Å². The zero-order valence-electron chi connectivity index (χ0n) is 13.1. The third-order valence-electron chi connectivity index (χ3n) is 3.41. The number of carbonyl (C=O) groups is 1. The summed E-state index contributed by atoms with van der Waals surface area (Å²) < 4.78 is 5.40. The number of nitro groups is 1. The molecule has 0 unspecified atom stereocenters. The molecule has 0 aliphatic heterocycles. The van der Waals surface area contributed by atoms with Crippen molar-refractivity contribution in [3.05, 3.63) is 74.8 Å². The Kier molecular flexibility index (Phi) is 6.28. The molecule has 0 saturated carbocycles. The molecule has 0 fully saturated rings. The number of nitrogens with zero attached hydrogens (tertiary/aromatic N) is 2. The highest BCUT2D eigenvalue weighted by Crippen LogP contribution is 2.23. The molecule has 0 N–H and O–H groups in total. The van der Waals surface area contributed by atoms with E-state index >= 15 is 0 Å². The first-order chi connectivity index (χ1) is 11.5. The number of hydrogen-bond acceptors (Lipinski definition) is 4. The van der Waals surface area contributed by atoms with E-state index < -0.39 is 4.92 Å². The lowest BCUT2D eigenvalue weighted by Crippen LogP contribution is -2.30. The number of halogens is 1. The van der Waals surface area contributed by atoms with Crippen LogP contribution in [-0.4, -0.2) is 29.4 Å². The van der Waals surface area contributed by atoms with Gasteiger partial charge < -0.3 is 9.64 Å². The van der Waals surface area contributed by atoms with Crippen molar-refractivity contribution in [2.24, 2.45) is 0 Å². The van der Waals surface area contributed by atoms with E-state index in [4.69, 9.17) is 16.3 Å². The van der Waals surface area contributed by atoms with Crippen LogP contribution in [0.15, 0.2) is 48.5 Å². The van der Waals surface area contributed by atoms with Crippen molar-refractivity contribution in [2.75, 3.05) is 13.7 Å². The van der Waals surface area contributed by atoms with Crippen LogP contribution >= 0.6 is 11.6 Å². The minimum Gasteiger partial charge on any atom is -0.367 e. The highest BCUT2D eigenvalue weighted by atomic mass is 35.5. The molecule has 0 heterocycles. The molecular formula is C17H17ClN2O4. The van der Waals surface area contributed by atoms with Crippen molar-refractivity contribution >= 4 is 23.2 Å². The third kappa shape index (κ3) is 5.04. The highest BCUT2D eigenvalue weighted by Gasteiger charge is 2.14. The molecule has 0 radical (unpaired) electrons. The number of carbonyl (C=O) groups excluding carboxylic acids is 1. The second kappa shape index (κ2) is 8.42. The number of hydrogen-bond donors (Lipinski definition) is 0. The topological polar surface area (TPSA) is 72.7 Å². The fraction of sp³-hybridized carbons (Fsp3) is 0.235. The van der Waals surface area contributed by atoms with Gasteiger partial charge in [0.15, 0.2) is 0 Å². The number of nitro benzene ring substituents is 1. The van der Waals surface area contributed by atoms with Crippen LogP contribution in [0, 0.1) is 10.1 Å². The molecule has 1 amide bonds. The summed E-state index contributed by atoms with van der Waals surface area (Å²) in [7, 11) is 1.60. The maximum atomic E-state index is 12.1. The van der Waals surface area contributed by atoms with Gasteiger partial charge in [-0.15, -0.1) is 0 Å². The predicted octanol–water partition coefficient (Wildman–Crippen LogP) is 3.42. The molecular weight excluding hydrogens is 332 g/mol. The summed E-state index contributed by atoms with van der Waals surface area (Å²) >= 11 is 6.04. The molecule has 0 aliphatic rings. The van der Waals surface area contributed by atoms with Crippen LogP contribution in [0.5, 0.6) is 0 Å². The van der Waals surface area contributed by atoms with Crippen molar-refractivity contribution in [1.82, 2.24) is 4.90 Å². The summed E-state index contributed by atoms with van der Waals surface area (Å²) in [4.78, 5) is 23.8.